The smallest absolute Gasteiger partial charge is 0.179 e. The van der Waals surface area contributed by atoms with E-state index in [0.29, 0.717) is 6.04 Å². The lowest BCUT2D eigenvalue weighted by molar-refractivity contribution is 0.0829. The molecule has 98 valence electrons. The van der Waals surface area contributed by atoms with Crippen LogP contribution in [0.25, 0.3) is 0 Å². The molecule has 0 spiro atoms. The second kappa shape index (κ2) is 5.23. The number of carbonyl (C=O) groups is 1. The van der Waals surface area contributed by atoms with Crippen LogP contribution in [0.5, 0.6) is 0 Å². The highest BCUT2D eigenvalue weighted by Gasteiger charge is 2.30. The van der Waals surface area contributed by atoms with E-state index in [1.54, 1.807) is 0 Å². The summed E-state index contributed by atoms with van der Waals surface area (Å²) in [5.74, 6) is 0.268. The van der Waals surface area contributed by atoms with Crippen molar-refractivity contribution in [1.29, 1.82) is 0 Å². The standard InChI is InChI=1S/C16H23NO/c1-11-7-8-12(2)15(10-11)16(18)14(4)17-9-5-6-13(17)3/h7-8,10,13-14H,5-6,9H2,1-4H3. The summed E-state index contributed by atoms with van der Waals surface area (Å²) in [6.45, 7) is 9.39. The molecule has 0 aromatic heterocycles. The molecule has 2 atom stereocenters. The lowest BCUT2D eigenvalue weighted by Gasteiger charge is -2.27. The molecule has 1 saturated heterocycles. The molecule has 0 amide bonds. The molecular weight excluding hydrogens is 222 g/mol. The van der Waals surface area contributed by atoms with E-state index in [9.17, 15) is 4.79 Å². The minimum Gasteiger partial charge on any atom is -0.292 e. The van der Waals surface area contributed by atoms with E-state index < -0.39 is 0 Å². The van der Waals surface area contributed by atoms with Gasteiger partial charge in [-0.2, -0.15) is 0 Å². The Morgan fingerprint density at radius 3 is 2.72 bits per heavy atom. The van der Waals surface area contributed by atoms with Gasteiger partial charge in [0.15, 0.2) is 5.78 Å². The molecule has 2 heteroatoms. The number of likely N-dealkylation sites (tertiary alicyclic amines) is 1. The summed E-state index contributed by atoms with van der Waals surface area (Å²) in [6.07, 6.45) is 2.43. The Hall–Kier alpha value is -1.15. The first-order valence-corrected chi connectivity index (χ1v) is 6.88. The fourth-order valence-electron chi connectivity index (χ4n) is 2.91. The number of Topliss-reactive ketones (excluding diaryl/α,β-unsaturated/α-hetero) is 1. The molecule has 1 aromatic carbocycles. The Labute approximate surface area is 110 Å². The molecule has 2 unspecified atom stereocenters. The number of nitrogens with zero attached hydrogens (tertiary/aromatic N) is 1. The lowest BCUT2D eigenvalue weighted by atomic mass is 9.97. The summed E-state index contributed by atoms with van der Waals surface area (Å²) >= 11 is 0. The van der Waals surface area contributed by atoms with Gasteiger partial charge in [-0.25, -0.2) is 0 Å². The molecule has 0 aliphatic carbocycles. The molecule has 1 aliphatic heterocycles. The third-order valence-electron chi connectivity index (χ3n) is 4.14. The van der Waals surface area contributed by atoms with Crippen LogP contribution in [-0.4, -0.2) is 29.3 Å². The zero-order valence-electron chi connectivity index (χ0n) is 11.9. The van der Waals surface area contributed by atoms with E-state index in [1.807, 2.05) is 32.9 Å². The number of hydrogen-bond acceptors (Lipinski definition) is 2. The molecule has 0 radical (unpaired) electrons. The number of rotatable bonds is 3. The summed E-state index contributed by atoms with van der Waals surface area (Å²) in [7, 11) is 0. The van der Waals surface area contributed by atoms with Gasteiger partial charge in [0.25, 0.3) is 0 Å². The summed E-state index contributed by atoms with van der Waals surface area (Å²) in [5.41, 5.74) is 3.14. The van der Waals surface area contributed by atoms with Gasteiger partial charge in [-0.05, 0) is 58.7 Å². The van der Waals surface area contributed by atoms with Crippen molar-refractivity contribution in [3.05, 3.63) is 34.9 Å². The van der Waals surface area contributed by atoms with Gasteiger partial charge in [-0.1, -0.05) is 17.7 Å². The summed E-state index contributed by atoms with van der Waals surface area (Å²) in [5, 5.41) is 0. The van der Waals surface area contributed by atoms with Crippen molar-refractivity contribution in [2.45, 2.75) is 52.6 Å². The molecule has 0 bridgehead atoms. The molecule has 2 rings (SSSR count). The van der Waals surface area contributed by atoms with E-state index in [2.05, 4.69) is 17.9 Å². The number of carbonyl (C=O) groups excluding carboxylic acids is 1. The van der Waals surface area contributed by atoms with Gasteiger partial charge in [0.1, 0.15) is 0 Å². The molecule has 0 saturated carbocycles. The second-order valence-corrected chi connectivity index (χ2v) is 5.59. The van der Waals surface area contributed by atoms with Crippen molar-refractivity contribution < 1.29 is 4.79 Å². The van der Waals surface area contributed by atoms with Gasteiger partial charge in [0, 0.05) is 11.6 Å². The largest absolute Gasteiger partial charge is 0.292 e. The van der Waals surface area contributed by atoms with Crippen LogP contribution in [0, 0.1) is 13.8 Å². The predicted octanol–water partition coefficient (Wildman–Crippen LogP) is 3.36. The summed E-state index contributed by atoms with van der Waals surface area (Å²) in [4.78, 5) is 14.9. The Balaban J connectivity index is 2.22. The van der Waals surface area contributed by atoms with E-state index in [-0.39, 0.29) is 11.8 Å². The Morgan fingerprint density at radius 1 is 1.39 bits per heavy atom. The monoisotopic (exact) mass is 245 g/mol. The molecule has 1 aliphatic rings. The Kier molecular flexibility index (Phi) is 3.86. The first-order valence-electron chi connectivity index (χ1n) is 6.88. The second-order valence-electron chi connectivity index (χ2n) is 5.59. The van der Waals surface area contributed by atoms with E-state index in [0.717, 1.165) is 23.2 Å². The minimum atomic E-state index is 0.00278. The number of ketones is 1. The SMILES string of the molecule is Cc1ccc(C)c(C(=O)C(C)N2CCCC2C)c1. The topological polar surface area (TPSA) is 20.3 Å². The van der Waals surface area contributed by atoms with Crippen molar-refractivity contribution in [3.8, 4) is 0 Å². The van der Waals surface area contributed by atoms with Gasteiger partial charge in [-0.3, -0.25) is 9.69 Å². The third-order valence-corrected chi connectivity index (χ3v) is 4.14. The fourth-order valence-corrected chi connectivity index (χ4v) is 2.91. The van der Waals surface area contributed by atoms with Crippen molar-refractivity contribution in [1.82, 2.24) is 4.90 Å². The maximum Gasteiger partial charge on any atom is 0.179 e. The first-order chi connectivity index (χ1) is 8.50. The van der Waals surface area contributed by atoms with Gasteiger partial charge in [-0.15, -0.1) is 0 Å². The van der Waals surface area contributed by atoms with Gasteiger partial charge in [0.2, 0.25) is 0 Å². The number of hydrogen-bond donors (Lipinski definition) is 0. The molecule has 0 N–H and O–H groups in total. The molecule has 2 nitrogen and oxygen atoms in total. The van der Waals surface area contributed by atoms with Crippen molar-refractivity contribution in [2.75, 3.05) is 6.54 Å². The van der Waals surface area contributed by atoms with Crippen molar-refractivity contribution >= 4 is 5.78 Å². The van der Waals surface area contributed by atoms with Crippen LogP contribution in [0.2, 0.25) is 0 Å². The average Bonchev–Trinajstić information content (AvgIpc) is 2.77. The Morgan fingerprint density at radius 2 is 2.11 bits per heavy atom. The first kappa shape index (κ1) is 13.3. The van der Waals surface area contributed by atoms with Crippen LogP contribution in [0.4, 0.5) is 0 Å². The van der Waals surface area contributed by atoms with Crippen LogP contribution in [0.1, 0.15) is 48.2 Å². The number of benzene rings is 1. The fraction of sp³-hybridized carbons (Fsp3) is 0.562. The molecule has 1 heterocycles. The summed E-state index contributed by atoms with van der Waals surface area (Å²) in [6, 6.07) is 6.67. The van der Waals surface area contributed by atoms with Crippen LogP contribution >= 0.6 is 0 Å². The third kappa shape index (κ3) is 2.49. The quantitative estimate of drug-likeness (QED) is 0.761. The van der Waals surface area contributed by atoms with E-state index in [4.69, 9.17) is 0 Å². The lowest BCUT2D eigenvalue weighted by Crippen LogP contribution is -2.41. The van der Waals surface area contributed by atoms with Crippen LogP contribution in [-0.2, 0) is 0 Å². The highest BCUT2D eigenvalue weighted by Crippen LogP contribution is 2.22. The summed E-state index contributed by atoms with van der Waals surface area (Å²) < 4.78 is 0. The van der Waals surface area contributed by atoms with Crippen molar-refractivity contribution in [2.24, 2.45) is 0 Å². The average molecular weight is 245 g/mol. The van der Waals surface area contributed by atoms with Gasteiger partial charge in [0.05, 0.1) is 6.04 Å². The molecular formula is C16H23NO. The van der Waals surface area contributed by atoms with Gasteiger partial charge < -0.3 is 0 Å². The Bertz CT molecular complexity index is 452. The zero-order valence-corrected chi connectivity index (χ0v) is 11.9. The normalized spacial score (nSPS) is 22.1. The van der Waals surface area contributed by atoms with Crippen LogP contribution in [0.15, 0.2) is 18.2 Å². The van der Waals surface area contributed by atoms with Crippen molar-refractivity contribution in [3.63, 3.8) is 0 Å². The highest BCUT2D eigenvalue weighted by atomic mass is 16.1. The maximum absolute atomic E-state index is 12.6. The minimum absolute atomic E-state index is 0.00278. The van der Waals surface area contributed by atoms with Crippen LogP contribution in [0.3, 0.4) is 0 Å². The molecule has 1 aromatic rings. The zero-order chi connectivity index (χ0) is 13.3. The van der Waals surface area contributed by atoms with Crippen LogP contribution < -0.4 is 0 Å². The predicted molar refractivity (Wildman–Crippen MR) is 75.1 cm³/mol. The molecule has 1 fully saturated rings. The van der Waals surface area contributed by atoms with Gasteiger partial charge >= 0.3 is 0 Å². The van der Waals surface area contributed by atoms with E-state index in [1.165, 1.54) is 12.8 Å². The number of aryl methyl sites for hydroxylation is 2. The maximum atomic E-state index is 12.6. The van der Waals surface area contributed by atoms with E-state index >= 15 is 0 Å². The molecule has 18 heavy (non-hydrogen) atoms. The highest BCUT2D eigenvalue weighted by molar-refractivity contribution is 6.01.